The molecule has 0 saturated heterocycles. The monoisotopic (exact) mass is 194 g/mol. The SMILES string of the molecule is Cc1cccc([N+](=O)[O-])c1N=C=S. The maximum Gasteiger partial charge on any atom is 0.295 e. The number of aryl methyl sites for hydroxylation is 1. The van der Waals surface area contributed by atoms with Gasteiger partial charge in [-0.1, -0.05) is 12.1 Å². The average Bonchev–Trinajstić information content (AvgIpc) is 2.08. The van der Waals surface area contributed by atoms with Crippen molar-refractivity contribution in [3.05, 3.63) is 33.9 Å². The molecule has 0 aromatic heterocycles. The first-order chi connectivity index (χ1) is 6.16. The third-order valence-electron chi connectivity index (χ3n) is 1.57. The standard InChI is InChI=1S/C8H6N2O2S/c1-6-3-2-4-7(10(11)12)8(6)9-5-13/h2-4H,1H3. The van der Waals surface area contributed by atoms with Gasteiger partial charge in [0.2, 0.25) is 0 Å². The van der Waals surface area contributed by atoms with Crippen LogP contribution in [0.15, 0.2) is 23.2 Å². The molecule has 1 aromatic rings. The molecule has 0 aliphatic carbocycles. The van der Waals surface area contributed by atoms with Crippen LogP contribution in [0.2, 0.25) is 0 Å². The zero-order valence-corrected chi connectivity index (χ0v) is 7.67. The molecule has 0 atom stereocenters. The maximum atomic E-state index is 10.5. The van der Waals surface area contributed by atoms with E-state index in [4.69, 9.17) is 0 Å². The molecule has 4 nitrogen and oxygen atoms in total. The first kappa shape index (κ1) is 9.51. The van der Waals surface area contributed by atoms with Crippen molar-refractivity contribution in [2.24, 2.45) is 4.99 Å². The fraction of sp³-hybridized carbons (Fsp3) is 0.125. The molecule has 1 aromatic carbocycles. The molecule has 0 amide bonds. The Kier molecular flexibility index (Phi) is 2.84. The van der Waals surface area contributed by atoms with E-state index in [2.05, 4.69) is 22.4 Å². The second-order valence-corrected chi connectivity index (χ2v) is 2.59. The minimum Gasteiger partial charge on any atom is -0.258 e. The van der Waals surface area contributed by atoms with Crippen LogP contribution < -0.4 is 0 Å². The van der Waals surface area contributed by atoms with E-state index in [9.17, 15) is 10.1 Å². The number of hydrogen-bond acceptors (Lipinski definition) is 4. The van der Waals surface area contributed by atoms with Crippen LogP contribution in [0, 0.1) is 17.0 Å². The van der Waals surface area contributed by atoms with Gasteiger partial charge in [-0.2, -0.15) is 4.99 Å². The van der Waals surface area contributed by atoms with Gasteiger partial charge >= 0.3 is 0 Å². The number of nitrogens with zero attached hydrogens (tertiary/aromatic N) is 2. The molecular weight excluding hydrogens is 188 g/mol. The van der Waals surface area contributed by atoms with Crippen molar-refractivity contribution in [2.75, 3.05) is 0 Å². The lowest BCUT2D eigenvalue weighted by molar-refractivity contribution is -0.384. The molecule has 0 heterocycles. The number of isothiocyanates is 1. The van der Waals surface area contributed by atoms with Crippen molar-refractivity contribution in [3.63, 3.8) is 0 Å². The van der Waals surface area contributed by atoms with Crippen molar-refractivity contribution in [3.8, 4) is 0 Å². The van der Waals surface area contributed by atoms with Crippen LogP contribution in [0.3, 0.4) is 0 Å². The summed E-state index contributed by atoms with van der Waals surface area (Å²) in [6, 6.07) is 4.73. The first-order valence-electron chi connectivity index (χ1n) is 3.48. The van der Waals surface area contributed by atoms with Crippen LogP contribution in [-0.2, 0) is 0 Å². The average molecular weight is 194 g/mol. The highest BCUT2D eigenvalue weighted by molar-refractivity contribution is 7.78. The van der Waals surface area contributed by atoms with Crippen LogP contribution in [0.5, 0.6) is 0 Å². The molecule has 0 bridgehead atoms. The summed E-state index contributed by atoms with van der Waals surface area (Å²) in [6.07, 6.45) is 0. The van der Waals surface area contributed by atoms with Gasteiger partial charge in [0.1, 0.15) is 0 Å². The number of nitro groups is 1. The van der Waals surface area contributed by atoms with Gasteiger partial charge in [-0.15, -0.1) is 0 Å². The molecule has 1 rings (SSSR count). The topological polar surface area (TPSA) is 55.5 Å². The third kappa shape index (κ3) is 1.96. The van der Waals surface area contributed by atoms with Gasteiger partial charge < -0.3 is 0 Å². The first-order valence-corrected chi connectivity index (χ1v) is 3.89. The predicted molar refractivity (Wildman–Crippen MR) is 52.5 cm³/mol. The van der Waals surface area contributed by atoms with Crippen LogP contribution in [0.4, 0.5) is 11.4 Å². The second kappa shape index (κ2) is 3.89. The number of rotatable bonds is 2. The Hall–Kier alpha value is -1.58. The van der Waals surface area contributed by atoms with E-state index in [0.717, 1.165) is 0 Å². The van der Waals surface area contributed by atoms with Crippen LogP contribution in [0.25, 0.3) is 0 Å². The molecule has 66 valence electrons. The van der Waals surface area contributed by atoms with Crippen molar-refractivity contribution in [1.82, 2.24) is 0 Å². The summed E-state index contributed by atoms with van der Waals surface area (Å²) in [5, 5.41) is 12.7. The molecule has 0 N–H and O–H groups in total. The van der Waals surface area contributed by atoms with E-state index < -0.39 is 4.92 Å². The minimum absolute atomic E-state index is 0.0441. The van der Waals surface area contributed by atoms with E-state index in [1.807, 2.05) is 0 Å². The zero-order valence-electron chi connectivity index (χ0n) is 6.85. The Bertz CT molecular complexity index is 397. The van der Waals surface area contributed by atoms with E-state index in [0.29, 0.717) is 5.56 Å². The van der Waals surface area contributed by atoms with Crippen molar-refractivity contribution < 1.29 is 4.92 Å². The molecule has 0 radical (unpaired) electrons. The van der Waals surface area contributed by atoms with Gasteiger partial charge in [0, 0.05) is 6.07 Å². The molecular formula is C8H6N2O2S. The predicted octanol–water partition coefficient (Wildman–Crippen LogP) is 2.64. The summed E-state index contributed by atoms with van der Waals surface area (Å²) in [6.45, 7) is 1.73. The summed E-state index contributed by atoms with van der Waals surface area (Å²) in [5.41, 5.74) is 0.950. The van der Waals surface area contributed by atoms with E-state index in [1.165, 1.54) is 6.07 Å². The lowest BCUT2D eigenvalue weighted by Gasteiger charge is -1.98. The summed E-state index contributed by atoms with van der Waals surface area (Å²) >= 11 is 4.40. The fourth-order valence-corrected chi connectivity index (χ4v) is 1.07. The zero-order chi connectivity index (χ0) is 9.84. The second-order valence-electron chi connectivity index (χ2n) is 2.40. The van der Waals surface area contributed by atoms with Gasteiger partial charge in [0.15, 0.2) is 5.69 Å². The number of benzene rings is 1. The molecule has 0 aliphatic rings. The highest BCUT2D eigenvalue weighted by Crippen LogP contribution is 2.29. The number of hydrogen-bond donors (Lipinski definition) is 0. The number of aliphatic imine (C=N–C) groups is 1. The smallest absolute Gasteiger partial charge is 0.258 e. The Labute approximate surface area is 80.1 Å². The highest BCUT2D eigenvalue weighted by Gasteiger charge is 2.13. The van der Waals surface area contributed by atoms with Crippen LogP contribution in [0.1, 0.15) is 5.56 Å². The lowest BCUT2D eigenvalue weighted by atomic mass is 10.2. The van der Waals surface area contributed by atoms with E-state index >= 15 is 0 Å². The van der Waals surface area contributed by atoms with Crippen molar-refractivity contribution in [2.45, 2.75) is 6.92 Å². The Morgan fingerprint density at radius 1 is 1.62 bits per heavy atom. The maximum absolute atomic E-state index is 10.5. The Morgan fingerprint density at radius 3 is 2.85 bits per heavy atom. The van der Waals surface area contributed by atoms with E-state index in [1.54, 1.807) is 19.1 Å². The number of nitro benzene ring substituents is 1. The van der Waals surface area contributed by atoms with Crippen LogP contribution >= 0.6 is 12.2 Å². The molecule has 0 spiro atoms. The largest absolute Gasteiger partial charge is 0.295 e. The summed E-state index contributed by atoms with van der Waals surface area (Å²) < 4.78 is 0. The molecule has 5 heteroatoms. The minimum atomic E-state index is -0.488. The molecule has 13 heavy (non-hydrogen) atoms. The molecule has 0 fully saturated rings. The van der Waals surface area contributed by atoms with Gasteiger partial charge in [-0.25, -0.2) is 0 Å². The Balaban J connectivity index is 3.42. The van der Waals surface area contributed by atoms with Gasteiger partial charge in [-0.3, -0.25) is 10.1 Å². The van der Waals surface area contributed by atoms with Gasteiger partial charge in [0.25, 0.3) is 5.69 Å². The molecule has 0 unspecified atom stereocenters. The van der Waals surface area contributed by atoms with Gasteiger partial charge in [0.05, 0.1) is 10.1 Å². The molecule has 0 aliphatic heterocycles. The number of thiocarbonyl (C=S) groups is 1. The van der Waals surface area contributed by atoms with Gasteiger partial charge in [-0.05, 0) is 24.7 Å². The normalized spacial score (nSPS) is 9.00. The lowest BCUT2D eigenvalue weighted by Crippen LogP contribution is -1.89. The highest BCUT2D eigenvalue weighted by atomic mass is 32.1. The quantitative estimate of drug-likeness (QED) is 0.315. The Morgan fingerprint density at radius 2 is 2.31 bits per heavy atom. The van der Waals surface area contributed by atoms with Crippen molar-refractivity contribution >= 4 is 28.8 Å². The molecule has 0 saturated carbocycles. The summed E-state index contributed by atoms with van der Waals surface area (Å²) in [4.78, 5) is 13.7. The fourth-order valence-electron chi connectivity index (χ4n) is 0.982. The summed E-state index contributed by atoms with van der Waals surface area (Å²) in [7, 11) is 0. The summed E-state index contributed by atoms with van der Waals surface area (Å²) in [5.74, 6) is 0. The third-order valence-corrected chi connectivity index (χ3v) is 1.66. The van der Waals surface area contributed by atoms with Crippen LogP contribution in [-0.4, -0.2) is 10.1 Å². The number of para-hydroxylation sites is 1. The van der Waals surface area contributed by atoms with Crippen molar-refractivity contribution in [1.29, 1.82) is 0 Å². The van der Waals surface area contributed by atoms with E-state index in [-0.39, 0.29) is 11.4 Å².